The Morgan fingerprint density at radius 3 is 2.95 bits per heavy atom. The van der Waals surface area contributed by atoms with Gasteiger partial charge in [0.05, 0.1) is 6.04 Å². The van der Waals surface area contributed by atoms with Gasteiger partial charge in [0.2, 0.25) is 5.91 Å². The van der Waals surface area contributed by atoms with Crippen LogP contribution in [0.2, 0.25) is 0 Å². The van der Waals surface area contributed by atoms with E-state index in [9.17, 15) is 4.79 Å². The quantitative estimate of drug-likeness (QED) is 0.926. The van der Waals surface area contributed by atoms with Crippen LogP contribution in [-0.4, -0.2) is 45.9 Å². The van der Waals surface area contributed by atoms with Gasteiger partial charge >= 0.3 is 0 Å². The molecule has 3 heterocycles. The summed E-state index contributed by atoms with van der Waals surface area (Å²) in [5.74, 6) is 2.59. The normalized spacial score (nSPS) is 24.1. The molecule has 4 nitrogen and oxygen atoms in total. The molecule has 0 aromatic carbocycles. The minimum absolute atomic E-state index is 0.0311. The Balaban J connectivity index is 1.60. The lowest BCUT2D eigenvalue weighted by atomic mass is 10.00. The molecule has 2 fully saturated rings. The van der Waals surface area contributed by atoms with Gasteiger partial charge in [-0.1, -0.05) is 12.5 Å². The SMILES string of the molecule is O=C(NC1CCSCC1)[C@H]1CCCCN1Cc1cccnc1. The number of hydrogen-bond acceptors (Lipinski definition) is 4. The van der Waals surface area contributed by atoms with Gasteiger partial charge < -0.3 is 5.32 Å². The molecule has 5 heteroatoms. The summed E-state index contributed by atoms with van der Waals surface area (Å²) >= 11 is 1.99. The number of nitrogens with zero attached hydrogens (tertiary/aromatic N) is 2. The fourth-order valence-electron chi connectivity index (χ4n) is 3.34. The first kappa shape index (κ1) is 15.8. The average molecular weight is 319 g/mol. The van der Waals surface area contributed by atoms with Crippen LogP contribution in [0.5, 0.6) is 0 Å². The van der Waals surface area contributed by atoms with Crippen LogP contribution in [0.15, 0.2) is 24.5 Å². The highest BCUT2D eigenvalue weighted by Gasteiger charge is 2.30. The van der Waals surface area contributed by atoms with Gasteiger partial charge in [-0.05, 0) is 55.4 Å². The summed E-state index contributed by atoms with van der Waals surface area (Å²) in [6.07, 6.45) is 9.25. The molecule has 1 atom stereocenters. The van der Waals surface area contributed by atoms with Crippen molar-refractivity contribution in [1.82, 2.24) is 15.2 Å². The van der Waals surface area contributed by atoms with Gasteiger partial charge in [0.15, 0.2) is 0 Å². The second-order valence-electron chi connectivity index (χ2n) is 6.24. The molecule has 0 spiro atoms. The molecular formula is C17H25N3OS. The Morgan fingerprint density at radius 2 is 2.18 bits per heavy atom. The van der Waals surface area contributed by atoms with Crippen molar-refractivity contribution in [1.29, 1.82) is 0 Å². The maximum Gasteiger partial charge on any atom is 0.237 e. The first-order valence-corrected chi connectivity index (χ1v) is 9.49. The van der Waals surface area contributed by atoms with Crippen LogP contribution in [-0.2, 0) is 11.3 Å². The fraction of sp³-hybridized carbons (Fsp3) is 0.647. The average Bonchev–Trinajstić information content (AvgIpc) is 2.57. The van der Waals surface area contributed by atoms with E-state index in [1.807, 2.05) is 24.0 Å². The second-order valence-corrected chi connectivity index (χ2v) is 7.46. The van der Waals surface area contributed by atoms with Gasteiger partial charge in [-0.15, -0.1) is 0 Å². The molecule has 1 aromatic rings. The van der Waals surface area contributed by atoms with Crippen LogP contribution in [0, 0.1) is 0 Å². The van der Waals surface area contributed by atoms with Gasteiger partial charge in [-0.25, -0.2) is 0 Å². The monoisotopic (exact) mass is 319 g/mol. The first-order chi connectivity index (χ1) is 10.8. The number of amides is 1. The van der Waals surface area contributed by atoms with E-state index >= 15 is 0 Å². The molecule has 1 aromatic heterocycles. The summed E-state index contributed by atoms with van der Waals surface area (Å²) in [7, 11) is 0. The van der Waals surface area contributed by atoms with Crippen molar-refractivity contribution in [2.75, 3.05) is 18.1 Å². The van der Waals surface area contributed by atoms with E-state index in [-0.39, 0.29) is 11.9 Å². The number of nitrogens with one attached hydrogen (secondary N) is 1. The molecule has 2 aliphatic heterocycles. The van der Waals surface area contributed by atoms with Crippen LogP contribution in [0.1, 0.15) is 37.7 Å². The van der Waals surface area contributed by atoms with Crippen LogP contribution >= 0.6 is 11.8 Å². The molecule has 120 valence electrons. The summed E-state index contributed by atoms with van der Waals surface area (Å²) in [5, 5.41) is 3.29. The summed E-state index contributed by atoms with van der Waals surface area (Å²) in [4.78, 5) is 19.2. The summed E-state index contributed by atoms with van der Waals surface area (Å²) in [5.41, 5.74) is 1.19. The predicted molar refractivity (Wildman–Crippen MR) is 90.8 cm³/mol. The van der Waals surface area contributed by atoms with E-state index in [0.29, 0.717) is 6.04 Å². The van der Waals surface area contributed by atoms with E-state index < -0.39 is 0 Å². The third-order valence-corrected chi connectivity index (χ3v) is 5.64. The number of rotatable bonds is 4. The van der Waals surface area contributed by atoms with Crippen molar-refractivity contribution in [3.63, 3.8) is 0 Å². The largest absolute Gasteiger partial charge is 0.352 e. The lowest BCUT2D eigenvalue weighted by molar-refractivity contribution is -0.128. The zero-order valence-corrected chi connectivity index (χ0v) is 13.9. The molecular weight excluding hydrogens is 294 g/mol. The van der Waals surface area contributed by atoms with Crippen LogP contribution < -0.4 is 5.32 Å². The standard InChI is InChI=1S/C17H25N3OS/c21-17(19-15-6-10-22-11-7-15)16-5-1-2-9-20(16)13-14-4-3-8-18-12-14/h3-4,8,12,15-16H,1-2,5-7,9-11,13H2,(H,19,21)/t16-/m1/s1. The highest BCUT2D eigenvalue weighted by atomic mass is 32.2. The zero-order valence-electron chi connectivity index (χ0n) is 13.0. The van der Waals surface area contributed by atoms with E-state index in [0.717, 1.165) is 38.8 Å². The number of aromatic nitrogens is 1. The van der Waals surface area contributed by atoms with Crippen LogP contribution in [0.25, 0.3) is 0 Å². The van der Waals surface area contributed by atoms with Crippen molar-refractivity contribution in [2.24, 2.45) is 0 Å². The molecule has 1 amide bonds. The van der Waals surface area contributed by atoms with E-state index in [1.165, 1.54) is 23.5 Å². The van der Waals surface area contributed by atoms with Gasteiger partial charge in [-0.3, -0.25) is 14.7 Å². The minimum atomic E-state index is 0.0311. The molecule has 1 N–H and O–H groups in total. The number of carbonyl (C=O) groups is 1. The summed E-state index contributed by atoms with van der Waals surface area (Å²) in [6, 6.07) is 4.47. The Labute approximate surface area is 137 Å². The van der Waals surface area contributed by atoms with Crippen molar-refractivity contribution in [3.05, 3.63) is 30.1 Å². The van der Waals surface area contributed by atoms with Gasteiger partial charge in [0.25, 0.3) is 0 Å². The predicted octanol–water partition coefficient (Wildman–Crippen LogP) is 2.45. The summed E-state index contributed by atoms with van der Waals surface area (Å²) < 4.78 is 0. The lowest BCUT2D eigenvalue weighted by Crippen LogP contribution is -2.51. The molecule has 0 radical (unpaired) electrons. The molecule has 3 rings (SSSR count). The van der Waals surface area contributed by atoms with E-state index in [1.54, 1.807) is 6.20 Å². The zero-order chi connectivity index (χ0) is 15.2. The highest BCUT2D eigenvalue weighted by molar-refractivity contribution is 7.99. The Morgan fingerprint density at radius 1 is 1.32 bits per heavy atom. The molecule has 2 saturated heterocycles. The number of thioether (sulfide) groups is 1. The second kappa shape index (κ2) is 7.97. The third-order valence-electron chi connectivity index (χ3n) is 4.59. The van der Waals surface area contributed by atoms with Gasteiger partial charge in [0.1, 0.15) is 0 Å². The van der Waals surface area contributed by atoms with Crippen molar-refractivity contribution in [2.45, 2.75) is 50.7 Å². The first-order valence-electron chi connectivity index (χ1n) is 8.34. The molecule has 2 aliphatic rings. The third kappa shape index (κ3) is 4.23. The molecule has 0 aliphatic carbocycles. The van der Waals surface area contributed by atoms with Crippen molar-refractivity contribution < 1.29 is 4.79 Å². The lowest BCUT2D eigenvalue weighted by Gasteiger charge is -2.36. The smallest absolute Gasteiger partial charge is 0.237 e. The number of piperidine rings is 1. The molecule has 0 saturated carbocycles. The van der Waals surface area contributed by atoms with E-state index in [2.05, 4.69) is 21.3 Å². The summed E-state index contributed by atoms with van der Waals surface area (Å²) in [6.45, 7) is 1.83. The maximum absolute atomic E-state index is 12.7. The van der Waals surface area contributed by atoms with E-state index in [4.69, 9.17) is 0 Å². The molecule has 22 heavy (non-hydrogen) atoms. The van der Waals surface area contributed by atoms with Crippen LogP contribution in [0.4, 0.5) is 0 Å². The number of likely N-dealkylation sites (tertiary alicyclic amines) is 1. The van der Waals surface area contributed by atoms with Gasteiger partial charge in [0, 0.05) is 25.0 Å². The highest BCUT2D eigenvalue weighted by Crippen LogP contribution is 2.21. The fourth-order valence-corrected chi connectivity index (χ4v) is 4.45. The number of pyridine rings is 1. The van der Waals surface area contributed by atoms with Crippen LogP contribution in [0.3, 0.4) is 0 Å². The Bertz CT molecular complexity index is 476. The van der Waals surface area contributed by atoms with Crippen molar-refractivity contribution in [3.8, 4) is 0 Å². The number of hydrogen-bond donors (Lipinski definition) is 1. The molecule has 0 unspecified atom stereocenters. The Kier molecular flexibility index (Phi) is 5.73. The minimum Gasteiger partial charge on any atom is -0.352 e. The maximum atomic E-state index is 12.7. The van der Waals surface area contributed by atoms with Gasteiger partial charge in [-0.2, -0.15) is 11.8 Å². The Hall–Kier alpha value is -1.07. The number of carbonyl (C=O) groups excluding carboxylic acids is 1. The molecule has 0 bridgehead atoms. The van der Waals surface area contributed by atoms with Crippen molar-refractivity contribution >= 4 is 17.7 Å². The topological polar surface area (TPSA) is 45.2 Å².